The van der Waals surface area contributed by atoms with E-state index in [1.807, 2.05) is 0 Å². The van der Waals surface area contributed by atoms with Gasteiger partial charge in [0.25, 0.3) is 0 Å². The van der Waals surface area contributed by atoms with Gasteiger partial charge in [0.2, 0.25) is 0 Å². The highest BCUT2D eigenvalue weighted by Gasteiger charge is 2.38. The molecule has 2 aliphatic rings. The highest BCUT2D eigenvalue weighted by atomic mass is 16.5. The molecule has 0 aliphatic heterocycles. The Kier molecular flexibility index (Phi) is 10.4. The van der Waals surface area contributed by atoms with Crippen molar-refractivity contribution in [3.05, 3.63) is 247 Å². The van der Waals surface area contributed by atoms with E-state index in [1.54, 1.807) is 0 Å². The molecule has 12 aromatic carbocycles. The van der Waals surface area contributed by atoms with Crippen molar-refractivity contribution in [2.75, 3.05) is 6.61 Å². The van der Waals surface area contributed by atoms with Crippen LogP contribution < -0.4 is 4.74 Å². The SMILES string of the molecule is CCCCOc1ccc(-c2ccc(-c3c4ccccc4c(-c4ccc5c(c4)C(C)(C)c4cc(-c6c7ccccc7c(-c7ccc8c(c7)C(C)(C)c7ccccc7-8)c7ccccc67)ccc4-5)c4ccccc34)cc2)cc1. The molecule has 14 rings (SSSR count). The van der Waals surface area contributed by atoms with Gasteiger partial charge < -0.3 is 4.74 Å². The van der Waals surface area contributed by atoms with Crippen LogP contribution in [0.5, 0.6) is 5.75 Å². The monoisotopic (exact) mass is 962 g/mol. The molecule has 12 aromatic rings. The third kappa shape index (κ3) is 6.98. The van der Waals surface area contributed by atoms with Crippen molar-refractivity contribution in [3.63, 3.8) is 0 Å². The van der Waals surface area contributed by atoms with Crippen LogP contribution in [0.25, 0.3) is 121 Å². The number of hydrogen-bond donors (Lipinski definition) is 0. The lowest BCUT2D eigenvalue weighted by Gasteiger charge is -2.24. The van der Waals surface area contributed by atoms with Gasteiger partial charge in [-0.2, -0.15) is 0 Å². The van der Waals surface area contributed by atoms with Crippen LogP contribution in [0, 0.1) is 0 Å². The van der Waals surface area contributed by atoms with Crippen LogP contribution in [-0.2, 0) is 10.8 Å². The summed E-state index contributed by atoms with van der Waals surface area (Å²) >= 11 is 0. The first-order chi connectivity index (χ1) is 36.7. The molecule has 0 bridgehead atoms. The summed E-state index contributed by atoms with van der Waals surface area (Å²) in [6, 6.07) is 84.6. The van der Waals surface area contributed by atoms with Gasteiger partial charge in [0.05, 0.1) is 6.61 Å². The first kappa shape index (κ1) is 45.1. The zero-order valence-electron chi connectivity index (χ0n) is 43.4. The summed E-state index contributed by atoms with van der Waals surface area (Å²) in [5.74, 6) is 0.926. The first-order valence-electron chi connectivity index (χ1n) is 26.9. The van der Waals surface area contributed by atoms with E-state index in [1.165, 1.54) is 143 Å². The summed E-state index contributed by atoms with van der Waals surface area (Å²) in [6.07, 6.45) is 2.19. The zero-order valence-corrected chi connectivity index (χ0v) is 43.4. The number of hydrogen-bond acceptors (Lipinski definition) is 1. The van der Waals surface area contributed by atoms with Crippen LogP contribution in [0.1, 0.15) is 69.7 Å². The Balaban J connectivity index is 0.854. The maximum atomic E-state index is 5.96. The van der Waals surface area contributed by atoms with Gasteiger partial charge in [-0.3, -0.25) is 0 Å². The highest BCUT2D eigenvalue weighted by Crippen LogP contribution is 2.55. The van der Waals surface area contributed by atoms with E-state index in [4.69, 9.17) is 4.74 Å². The van der Waals surface area contributed by atoms with Crippen molar-refractivity contribution >= 4 is 43.1 Å². The van der Waals surface area contributed by atoms with Gasteiger partial charge in [-0.15, -0.1) is 0 Å². The fourth-order valence-electron chi connectivity index (χ4n) is 13.3. The van der Waals surface area contributed by atoms with E-state index in [9.17, 15) is 0 Å². The molecule has 2 aliphatic carbocycles. The molecule has 0 atom stereocenters. The second-order valence-corrected chi connectivity index (χ2v) is 22.1. The Morgan fingerprint density at radius 1 is 0.293 bits per heavy atom. The van der Waals surface area contributed by atoms with Gasteiger partial charge in [0.1, 0.15) is 5.75 Å². The molecule has 0 aromatic heterocycles. The average molecular weight is 963 g/mol. The highest BCUT2D eigenvalue weighted by molar-refractivity contribution is 6.23. The van der Waals surface area contributed by atoms with Crippen molar-refractivity contribution in [1.82, 2.24) is 0 Å². The second kappa shape index (κ2) is 17.3. The summed E-state index contributed by atoms with van der Waals surface area (Å²) in [6.45, 7) is 12.6. The molecule has 0 amide bonds. The molecule has 0 radical (unpaired) electrons. The van der Waals surface area contributed by atoms with Gasteiger partial charge >= 0.3 is 0 Å². The lowest BCUT2D eigenvalue weighted by molar-refractivity contribution is 0.309. The Morgan fingerprint density at radius 3 is 0.973 bits per heavy atom. The van der Waals surface area contributed by atoms with E-state index in [0.717, 1.165) is 25.2 Å². The van der Waals surface area contributed by atoms with Crippen LogP contribution in [0.4, 0.5) is 0 Å². The topological polar surface area (TPSA) is 9.23 Å². The fraction of sp³-hybridized carbons (Fsp3) is 0.135. The van der Waals surface area contributed by atoms with Crippen molar-refractivity contribution in [1.29, 1.82) is 0 Å². The minimum Gasteiger partial charge on any atom is -0.494 e. The van der Waals surface area contributed by atoms with Crippen LogP contribution in [0.2, 0.25) is 0 Å². The standard InChI is InChI=1S/C74H58O/c1-6-7-42-75-52-37-32-47(33-38-52)46-28-30-48(31-29-46)69-57-19-8-10-21-59(57)70(60-22-11-9-20-58(60)69)50-35-40-55-56-41-36-51(45-68(56)74(4,5)67(55)44-50)72-63-25-14-12-23-61(63)71(62-24-13-15-26-64(62)72)49-34-39-54-53-18-16-17-27-65(53)73(2,3)66(54)43-49/h8-41,43-45H,6-7,42H2,1-5H3. The van der Waals surface area contributed by atoms with E-state index >= 15 is 0 Å². The van der Waals surface area contributed by atoms with E-state index in [0.29, 0.717) is 0 Å². The fourth-order valence-corrected chi connectivity index (χ4v) is 13.3. The molecular formula is C74H58O. The van der Waals surface area contributed by atoms with Crippen molar-refractivity contribution in [2.45, 2.75) is 58.3 Å². The molecule has 0 fully saturated rings. The van der Waals surface area contributed by atoms with E-state index in [2.05, 4.69) is 259 Å². The van der Waals surface area contributed by atoms with Crippen LogP contribution in [-0.4, -0.2) is 6.61 Å². The molecule has 0 saturated heterocycles. The third-order valence-corrected chi connectivity index (χ3v) is 17.1. The van der Waals surface area contributed by atoms with Crippen molar-refractivity contribution in [3.8, 4) is 83.6 Å². The summed E-state index contributed by atoms with van der Waals surface area (Å²) in [7, 11) is 0. The summed E-state index contributed by atoms with van der Waals surface area (Å²) in [5.41, 5.74) is 23.1. The molecule has 0 heterocycles. The molecular weight excluding hydrogens is 905 g/mol. The summed E-state index contributed by atoms with van der Waals surface area (Å²) in [5, 5.41) is 10.2. The Labute approximate surface area is 440 Å². The molecule has 0 N–H and O–H groups in total. The third-order valence-electron chi connectivity index (χ3n) is 17.1. The molecule has 360 valence electrons. The maximum absolute atomic E-state index is 5.96. The molecule has 1 heteroatoms. The predicted molar refractivity (Wildman–Crippen MR) is 319 cm³/mol. The van der Waals surface area contributed by atoms with Gasteiger partial charge in [-0.25, -0.2) is 0 Å². The Hall–Kier alpha value is -8.52. The van der Waals surface area contributed by atoms with Gasteiger partial charge in [0, 0.05) is 10.8 Å². The summed E-state index contributed by atoms with van der Waals surface area (Å²) in [4.78, 5) is 0. The van der Waals surface area contributed by atoms with Crippen LogP contribution in [0.3, 0.4) is 0 Å². The maximum Gasteiger partial charge on any atom is 0.119 e. The van der Waals surface area contributed by atoms with Crippen molar-refractivity contribution in [2.24, 2.45) is 0 Å². The lowest BCUT2D eigenvalue weighted by atomic mass is 9.79. The number of benzene rings is 12. The minimum absolute atomic E-state index is 0.0815. The smallest absolute Gasteiger partial charge is 0.119 e. The van der Waals surface area contributed by atoms with Crippen molar-refractivity contribution < 1.29 is 4.74 Å². The molecule has 1 nitrogen and oxygen atoms in total. The molecule has 0 spiro atoms. The Bertz CT molecular complexity index is 4170. The number of rotatable bonds is 9. The van der Waals surface area contributed by atoms with E-state index < -0.39 is 0 Å². The number of ether oxygens (including phenoxy) is 1. The normalized spacial score (nSPS) is 13.8. The van der Waals surface area contributed by atoms with Crippen LogP contribution >= 0.6 is 0 Å². The number of fused-ring (bicyclic) bond motifs is 10. The minimum atomic E-state index is -0.243. The van der Waals surface area contributed by atoms with Gasteiger partial charge in [-0.05, 0) is 180 Å². The first-order valence-corrected chi connectivity index (χ1v) is 26.9. The second-order valence-electron chi connectivity index (χ2n) is 22.1. The largest absolute Gasteiger partial charge is 0.494 e. The van der Waals surface area contributed by atoms with E-state index in [-0.39, 0.29) is 10.8 Å². The zero-order chi connectivity index (χ0) is 50.6. The molecule has 75 heavy (non-hydrogen) atoms. The van der Waals surface area contributed by atoms with Gasteiger partial charge in [-0.1, -0.05) is 235 Å². The quantitative estimate of drug-likeness (QED) is 0.103. The van der Waals surface area contributed by atoms with Crippen LogP contribution in [0.15, 0.2) is 224 Å². The lowest BCUT2D eigenvalue weighted by Crippen LogP contribution is -2.15. The number of unbranched alkanes of at least 4 members (excludes halogenated alkanes) is 1. The molecule has 0 unspecified atom stereocenters. The summed E-state index contributed by atoms with van der Waals surface area (Å²) < 4.78 is 5.96. The van der Waals surface area contributed by atoms with Gasteiger partial charge in [0.15, 0.2) is 0 Å². The average Bonchev–Trinajstić information content (AvgIpc) is 3.88. The predicted octanol–water partition coefficient (Wildman–Crippen LogP) is 20.4. The molecule has 0 saturated carbocycles. The Morgan fingerprint density at radius 2 is 0.587 bits per heavy atom.